The smallest absolute Gasteiger partial charge is 0.0722 e. The quantitative estimate of drug-likeness (QED) is 0.824. The Kier molecular flexibility index (Phi) is 3.46. The first-order chi connectivity index (χ1) is 7.72. The van der Waals surface area contributed by atoms with Crippen molar-refractivity contribution in [1.29, 1.82) is 0 Å². The molecule has 0 saturated carbocycles. The molecule has 0 amide bonds. The monoisotopic (exact) mass is 220 g/mol. The number of hydrogen-bond donors (Lipinski definition) is 1. The van der Waals surface area contributed by atoms with Crippen LogP contribution in [0.5, 0.6) is 0 Å². The fourth-order valence-corrected chi connectivity index (χ4v) is 2.36. The highest BCUT2D eigenvalue weighted by Gasteiger charge is 2.20. The highest BCUT2D eigenvalue weighted by atomic mass is 16.5. The lowest BCUT2D eigenvalue weighted by Crippen LogP contribution is -2.42. The molecule has 1 heterocycles. The Morgan fingerprint density at radius 3 is 3.00 bits per heavy atom. The predicted octanol–water partition coefficient (Wildman–Crippen LogP) is 1.68. The molecule has 3 heteroatoms. The molecule has 0 aromatic heterocycles. The van der Waals surface area contributed by atoms with Crippen LogP contribution in [0.1, 0.15) is 18.1 Å². The Balaban J connectivity index is 2.30. The number of anilines is 1. The Morgan fingerprint density at radius 1 is 1.50 bits per heavy atom. The molecule has 1 aromatic rings. The van der Waals surface area contributed by atoms with Gasteiger partial charge in [0, 0.05) is 25.3 Å². The van der Waals surface area contributed by atoms with Gasteiger partial charge in [0.15, 0.2) is 0 Å². The lowest BCUT2D eigenvalue weighted by Gasteiger charge is -2.35. The van der Waals surface area contributed by atoms with Crippen molar-refractivity contribution in [1.82, 2.24) is 0 Å². The summed E-state index contributed by atoms with van der Waals surface area (Å²) >= 11 is 0. The molecule has 2 rings (SSSR count). The van der Waals surface area contributed by atoms with Gasteiger partial charge in [-0.05, 0) is 25.0 Å². The molecule has 0 aliphatic carbocycles. The van der Waals surface area contributed by atoms with E-state index in [1.54, 1.807) is 0 Å². The molecule has 1 aromatic carbocycles. The Bertz CT molecular complexity index is 365. The molecule has 1 unspecified atom stereocenters. The molecule has 0 radical (unpaired) electrons. The van der Waals surface area contributed by atoms with E-state index >= 15 is 0 Å². The number of benzene rings is 1. The highest BCUT2D eigenvalue weighted by molar-refractivity contribution is 5.59. The molecule has 1 fully saturated rings. The normalized spacial score (nSPS) is 21.2. The molecular weight excluding hydrogens is 200 g/mol. The van der Waals surface area contributed by atoms with E-state index in [2.05, 4.69) is 36.9 Å². The van der Waals surface area contributed by atoms with Gasteiger partial charge in [0.1, 0.15) is 0 Å². The second kappa shape index (κ2) is 4.85. The molecule has 88 valence electrons. The number of morpholine rings is 1. The summed E-state index contributed by atoms with van der Waals surface area (Å²) in [5, 5.41) is 0. The van der Waals surface area contributed by atoms with Crippen LogP contribution in [0.4, 0.5) is 5.69 Å². The number of aryl methyl sites for hydroxylation is 1. The topological polar surface area (TPSA) is 38.5 Å². The Hall–Kier alpha value is -1.06. The second-order valence-corrected chi connectivity index (χ2v) is 4.41. The average Bonchev–Trinajstić information content (AvgIpc) is 2.28. The summed E-state index contributed by atoms with van der Waals surface area (Å²) in [6.45, 7) is 7.59. The van der Waals surface area contributed by atoms with Gasteiger partial charge < -0.3 is 15.4 Å². The van der Waals surface area contributed by atoms with Gasteiger partial charge in [0.2, 0.25) is 0 Å². The summed E-state index contributed by atoms with van der Waals surface area (Å²) in [6, 6.07) is 6.34. The molecule has 1 aliphatic heterocycles. The van der Waals surface area contributed by atoms with Crippen molar-refractivity contribution in [3.05, 3.63) is 29.3 Å². The van der Waals surface area contributed by atoms with E-state index in [0.29, 0.717) is 12.6 Å². The van der Waals surface area contributed by atoms with Gasteiger partial charge in [-0.25, -0.2) is 0 Å². The number of para-hydroxylation sites is 1. The zero-order chi connectivity index (χ0) is 11.5. The van der Waals surface area contributed by atoms with Crippen LogP contribution in [0.3, 0.4) is 0 Å². The van der Waals surface area contributed by atoms with Crippen LogP contribution >= 0.6 is 0 Å². The average molecular weight is 220 g/mol. The van der Waals surface area contributed by atoms with E-state index < -0.39 is 0 Å². The largest absolute Gasteiger partial charge is 0.375 e. The van der Waals surface area contributed by atoms with Gasteiger partial charge in [-0.1, -0.05) is 18.2 Å². The van der Waals surface area contributed by atoms with Gasteiger partial charge in [-0.2, -0.15) is 0 Å². The molecular formula is C13H20N2O. The van der Waals surface area contributed by atoms with E-state index in [-0.39, 0.29) is 0 Å². The van der Waals surface area contributed by atoms with Crippen LogP contribution in [-0.2, 0) is 11.3 Å². The number of hydrogen-bond acceptors (Lipinski definition) is 3. The summed E-state index contributed by atoms with van der Waals surface area (Å²) in [7, 11) is 0. The first-order valence-electron chi connectivity index (χ1n) is 5.87. The maximum atomic E-state index is 5.80. The molecule has 16 heavy (non-hydrogen) atoms. The zero-order valence-electron chi connectivity index (χ0n) is 10.1. The SMILES string of the molecule is Cc1cccc(CN)c1N1CCOC(C)C1. The van der Waals surface area contributed by atoms with Gasteiger partial charge >= 0.3 is 0 Å². The fraction of sp³-hybridized carbons (Fsp3) is 0.538. The third kappa shape index (κ3) is 2.20. The third-order valence-corrected chi connectivity index (χ3v) is 3.10. The molecule has 0 bridgehead atoms. The van der Waals surface area contributed by atoms with E-state index in [1.807, 2.05) is 0 Å². The van der Waals surface area contributed by atoms with Gasteiger partial charge in [-0.15, -0.1) is 0 Å². The highest BCUT2D eigenvalue weighted by Crippen LogP contribution is 2.26. The van der Waals surface area contributed by atoms with Crippen molar-refractivity contribution in [3.63, 3.8) is 0 Å². The zero-order valence-corrected chi connectivity index (χ0v) is 10.1. The summed E-state index contributed by atoms with van der Waals surface area (Å²) in [5.41, 5.74) is 9.64. The lowest BCUT2D eigenvalue weighted by molar-refractivity contribution is 0.0531. The van der Waals surface area contributed by atoms with E-state index in [9.17, 15) is 0 Å². The molecule has 1 atom stereocenters. The summed E-state index contributed by atoms with van der Waals surface area (Å²) in [4.78, 5) is 2.39. The van der Waals surface area contributed by atoms with Crippen LogP contribution in [-0.4, -0.2) is 25.8 Å². The first-order valence-corrected chi connectivity index (χ1v) is 5.87. The Morgan fingerprint density at radius 2 is 2.31 bits per heavy atom. The maximum absolute atomic E-state index is 5.80. The van der Waals surface area contributed by atoms with Gasteiger partial charge in [0.05, 0.1) is 12.7 Å². The van der Waals surface area contributed by atoms with Crippen molar-refractivity contribution >= 4 is 5.69 Å². The van der Waals surface area contributed by atoms with Gasteiger partial charge in [-0.3, -0.25) is 0 Å². The summed E-state index contributed by atoms with van der Waals surface area (Å²) in [6.07, 6.45) is 0.305. The minimum Gasteiger partial charge on any atom is -0.375 e. The Labute approximate surface area is 97.2 Å². The van der Waals surface area contributed by atoms with Crippen molar-refractivity contribution in [3.8, 4) is 0 Å². The van der Waals surface area contributed by atoms with Crippen LogP contribution < -0.4 is 10.6 Å². The molecule has 0 spiro atoms. The van der Waals surface area contributed by atoms with Crippen molar-refractivity contribution < 1.29 is 4.74 Å². The van der Waals surface area contributed by atoms with Crippen molar-refractivity contribution in [2.75, 3.05) is 24.6 Å². The molecule has 3 nitrogen and oxygen atoms in total. The van der Waals surface area contributed by atoms with Crippen LogP contribution in [0.25, 0.3) is 0 Å². The van der Waals surface area contributed by atoms with Crippen molar-refractivity contribution in [2.45, 2.75) is 26.5 Å². The minimum atomic E-state index is 0.305. The minimum absolute atomic E-state index is 0.305. The number of nitrogens with two attached hydrogens (primary N) is 1. The van der Waals surface area contributed by atoms with Crippen LogP contribution in [0.15, 0.2) is 18.2 Å². The molecule has 1 aliphatic rings. The van der Waals surface area contributed by atoms with E-state index in [0.717, 1.165) is 19.7 Å². The van der Waals surface area contributed by atoms with Crippen LogP contribution in [0, 0.1) is 6.92 Å². The maximum Gasteiger partial charge on any atom is 0.0722 e. The third-order valence-electron chi connectivity index (χ3n) is 3.10. The number of nitrogens with zero attached hydrogens (tertiary/aromatic N) is 1. The number of ether oxygens (including phenoxy) is 1. The fourth-order valence-electron chi connectivity index (χ4n) is 2.36. The predicted molar refractivity (Wildman–Crippen MR) is 66.7 cm³/mol. The van der Waals surface area contributed by atoms with Crippen molar-refractivity contribution in [2.24, 2.45) is 5.73 Å². The lowest BCUT2D eigenvalue weighted by atomic mass is 10.1. The van der Waals surface area contributed by atoms with E-state index in [1.165, 1.54) is 16.8 Å². The summed E-state index contributed by atoms with van der Waals surface area (Å²) in [5.74, 6) is 0. The molecule has 2 N–H and O–H groups in total. The summed E-state index contributed by atoms with van der Waals surface area (Å²) < 4.78 is 5.57. The van der Waals surface area contributed by atoms with E-state index in [4.69, 9.17) is 10.5 Å². The number of rotatable bonds is 2. The second-order valence-electron chi connectivity index (χ2n) is 4.41. The van der Waals surface area contributed by atoms with Gasteiger partial charge in [0.25, 0.3) is 0 Å². The van der Waals surface area contributed by atoms with Crippen LogP contribution in [0.2, 0.25) is 0 Å². The molecule has 1 saturated heterocycles. The first kappa shape index (κ1) is 11.4. The standard InChI is InChI=1S/C13H20N2O/c1-10-4-3-5-12(8-14)13(10)15-6-7-16-11(2)9-15/h3-5,11H,6-9,14H2,1-2H3.